The van der Waals surface area contributed by atoms with Crippen molar-refractivity contribution in [3.05, 3.63) is 64.9 Å². The number of aliphatic carboxylic acids is 1. The summed E-state index contributed by atoms with van der Waals surface area (Å²) in [5.41, 5.74) is 1.41. The van der Waals surface area contributed by atoms with Crippen LogP contribution in [0, 0.1) is 0 Å². The summed E-state index contributed by atoms with van der Waals surface area (Å²) in [6, 6.07) is 9.40. The summed E-state index contributed by atoms with van der Waals surface area (Å²) in [5.74, 6) is -0.474. The first-order valence-corrected chi connectivity index (χ1v) is 14.6. The number of carboxylic acid groups (broad SMARTS) is 1. The Morgan fingerprint density at radius 3 is 2.44 bits per heavy atom. The van der Waals surface area contributed by atoms with Crippen molar-refractivity contribution >= 4 is 37.4 Å². The predicted molar refractivity (Wildman–Crippen MR) is 132 cm³/mol. The van der Waals surface area contributed by atoms with Gasteiger partial charge in [0.25, 0.3) is 0 Å². The highest BCUT2D eigenvalue weighted by molar-refractivity contribution is 7.90. The molecule has 1 atom stereocenters. The smallest absolute Gasteiger partial charge is 0.325 e. The lowest BCUT2D eigenvalue weighted by Crippen LogP contribution is -2.33. The van der Waals surface area contributed by atoms with Gasteiger partial charge in [0.2, 0.25) is 10.0 Å². The van der Waals surface area contributed by atoms with E-state index in [2.05, 4.69) is 5.10 Å². The van der Waals surface area contributed by atoms with Crippen LogP contribution in [0.25, 0.3) is 0 Å². The van der Waals surface area contributed by atoms with Crippen LogP contribution in [0.15, 0.2) is 58.5 Å². The number of sulfone groups is 1. The Bertz CT molecular complexity index is 1520. The Kier molecular flexibility index (Phi) is 7.15. The second kappa shape index (κ2) is 9.85. The van der Waals surface area contributed by atoms with Crippen LogP contribution in [0.3, 0.4) is 0 Å². The third-order valence-corrected chi connectivity index (χ3v) is 9.30. The number of benzene rings is 2. The van der Waals surface area contributed by atoms with Crippen molar-refractivity contribution in [2.24, 2.45) is 0 Å². The number of rotatable bonds is 8. The Labute approximate surface area is 214 Å². The predicted octanol–water partition coefficient (Wildman–Crippen LogP) is 3.52. The molecule has 0 fully saturated rings. The molecule has 192 valence electrons. The van der Waals surface area contributed by atoms with Crippen molar-refractivity contribution in [2.45, 2.75) is 41.6 Å². The van der Waals surface area contributed by atoms with Crippen LogP contribution in [0.4, 0.5) is 0 Å². The zero-order valence-electron chi connectivity index (χ0n) is 19.5. The van der Waals surface area contributed by atoms with E-state index >= 15 is 0 Å². The number of carboxylic acids is 1. The van der Waals surface area contributed by atoms with Gasteiger partial charge in [0.1, 0.15) is 18.0 Å². The Morgan fingerprint density at radius 2 is 1.83 bits per heavy atom. The molecule has 0 aliphatic heterocycles. The van der Waals surface area contributed by atoms with Gasteiger partial charge in [-0.25, -0.2) is 16.8 Å². The van der Waals surface area contributed by atoms with Crippen LogP contribution in [0.2, 0.25) is 5.02 Å². The lowest BCUT2D eigenvalue weighted by molar-refractivity contribution is -0.137. The lowest BCUT2D eigenvalue weighted by Gasteiger charge is -2.31. The maximum atomic E-state index is 13.4. The summed E-state index contributed by atoms with van der Waals surface area (Å²) >= 11 is 6.34. The highest BCUT2D eigenvalue weighted by Gasteiger charge is 2.34. The van der Waals surface area contributed by atoms with Crippen molar-refractivity contribution in [2.75, 3.05) is 13.3 Å². The number of sulfonamides is 1. The average Bonchev–Trinajstić information content (AvgIpc) is 3.22. The summed E-state index contributed by atoms with van der Waals surface area (Å²) in [6.07, 6.45) is 4.52. The molecule has 0 amide bonds. The van der Waals surface area contributed by atoms with Crippen molar-refractivity contribution in [1.29, 1.82) is 0 Å². The number of carbonyl (C=O) groups is 1. The molecule has 1 aliphatic carbocycles. The molecule has 1 aliphatic rings. The van der Waals surface area contributed by atoms with Crippen LogP contribution in [-0.2, 0) is 37.6 Å². The molecule has 36 heavy (non-hydrogen) atoms. The fraction of sp³-hybridized carbons (Fsp3) is 0.304. The van der Waals surface area contributed by atoms with E-state index in [1.807, 2.05) is 0 Å². The molecular formula is C23H24ClN3O7S2. The first kappa shape index (κ1) is 26.1. The molecule has 1 aromatic heterocycles. The van der Waals surface area contributed by atoms with Gasteiger partial charge in [-0.1, -0.05) is 11.6 Å². The van der Waals surface area contributed by atoms with Gasteiger partial charge < -0.3 is 9.84 Å². The van der Waals surface area contributed by atoms with E-state index in [1.165, 1.54) is 64.7 Å². The van der Waals surface area contributed by atoms with Gasteiger partial charge in [0.05, 0.1) is 27.1 Å². The second-order valence-corrected chi connectivity index (χ2v) is 12.9. The van der Waals surface area contributed by atoms with E-state index < -0.39 is 31.9 Å². The molecule has 0 saturated heterocycles. The largest absolute Gasteiger partial charge is 0.480 e. The Balaban J connectivity index is 1.56. The average molecular weight is 554 g/mol. The molecule has 1 unspecified atom stereocenters. The second-order valence-electron chi connectivity index (χ2n) is 8.47. The van der Waals surface area contributed by atoms with Gasteiger partial charge in [-0.2, -0.15) is 9.40 Å². The summed E-state index contributed by atoms with van der Waals surface area (Å²) in [4.78, 5) is 11.2. The van der Waals surface area contributed by atoms with E-state index in [0.717, 1.165) is 11.9 Å². The molecule has 0 bridgehead atoms. The number of halogens is 1. The number of hydrogen-bond donors (Lipinski definition) is 1. The van der Waals surface area contributed by atoms with E-state index in [9.17, 15) is 21.6 Å². The van der Waals surface area contributed by atoms with Crippen LogP contribution >= 0.6 is 11.6 Å². The molecule has 1 N–H and O–H groups in total. The van der Waals surface area contributed by atoms with Gasteiger partial charge in [-0.15, -0.1) is 0 Å². The molecule has 0 radical (unpaired) electrons. The maximum absolute atomic E-state index is 13.4. The number of aromatic nitrogens is 2. The summed E-state index contributed by atoms with van der Waals surface area (Å²) in [5, 5.41) is 13.3. The third kappa shape index (κ3) is 5.26. The summed E-state index contributed by atoms with van der Waals surface area (Å²) < 4.78 is 58.5. The normalized spacial score (nSPS) is 16.1. The molecule has 1 heterocycles. The van der Waals surface area contributed by atoms with Crippen LogP contribution < -0.4 is 4.74 Å². The third-order valence-electron chi connectivity index (χ3n) is 6.02. The van der Waals surface area contributed by atoms with E-state index in [4.69, 9.17) is 21.4 Å². The van der Waals surface area contributed by atoms with Gasteiger partial charge in [-0.3, -0.25) is 9.48 Å². The molecule has 0 saturated carbocycles. The van der Waals surface area contributed by atoms with E-state index in [-0.39, 0.29) is 27.1 Å². The fourth-order valence-corrected chi connectivity index (χ4v) is 6.49. The first-order chi connectivity index (χ1) is 16.9. The Morgan fingerprint density at radius 1 is 1.17 bits per heavy atom. The minimum Gasteiger partial charge on any atom is -0.480 e. The number of nitrogens with zero attached hydrogens (tertiary/aromatic N) is 3. The van der Waals surface area contributed by atoms with Crippen molar-refractivity contribution in [3.63, 3.8) is 0 Å². The lowest BCUT2D eigenvalue weighted by atomic mass is 9.93. The SMILES string of the molecule is CN(C1CCCc2c1cnn2CC(=O)O)S(=O)(=O)c1ccc(Oc2ccc(S(C)(=O)=O)cc2)c(Cl)c1. The van der Waals surface area contributed by atoms with Gasteiger partial charge >= 0.3 is 5.97 Å². The van der Waals surface area contributed by atoms with Crippen molar-refractivity contribution < 1.29 is 31.5 Å². The van der Waals surface area contributed by atoms with Crippen molar-refractivity contribution in [3.8, 4) is 11.5 Å². The number of hydrogen-bond acceptors (Lipinski definition) is 7. The van der Waals surface area contributed by atoms with Gasteiger partial charge in [-0.05, 0) is 61.7 Å². The van der Waals surface area contributed by atoms with Crippen LogP contribution in [0.5, 0.6) is 11.5 Å². The Hall–Kier alpha value is -2.93. The zero-order chi connectivity index (χ0) is 26.3. The quantitative estimate of drug-likeness (QED) is 0.447. The number of ether oxygens (including phenoxy) is 1. The standard InChI is InChI=1S/C23H24ClN3O7S2/c1-26(20-4-3-5-21-18(20)13-25-27(21)14-23(28)29)36(32,33)17-10-11-22(19(24)12-17)34-15-6-8-16(9-7-15)35(2,30)31/h6-13,20H,3-5,14H2,1-2H3,(H,28,29). The monoisotopic (exact) mass is 553 g/mol. The zero-order valence-corrected chi connectivity index (χ0v) is 21.8. The van der Waals surface area contributed by atoms with E-state index in [0.29, 0.717) is 30.6 Å². The highest BCUT2D eigenvalue weighted by Crippen LogP contribution is 2.38. The minimum atomic E-state index is -3.96. The highest BCUT2D eigenvalue weighted by atomic mass is 35.5. The van der Waals surface area contributed by atoms with Crippen molar-refractivity contribution in [1.82, 2.24) is 14.1 Å². The molecule has 4 rings (SSSR count). The maximum Gasteiger partial charge on any atom is 0.325 e. The van der Waals surface area contributed by atoms with Gasteiger partial charge in [0, 0.05) is 24.6 Å². The van der Waals surface area contributed by atoms with Crippen LogP contribution in [0.1, 0.15) is 30.1 Å². The molecule has 3 aromatic rings. The van der Waals surface area contributed by atoms with E-state index in [1.54, 1.807) is 0 Å². The summed E-state index contributed by atoms with van der Waals surface area (Å²) in [7, 11) is -5.83. The molecule has 2 aromatic carbocycles. The fourth-order valence-electron chi connectivity index (χ4n) is 4.18. The molecular weight excluding hydrogens is 530 g/mol. The molecule has 10 nitrogen and oxygen atoms in total. The summed E-state index contributed by atoms with van der Waals surface area (Å²) in [6.45, 7) is -0.285. The van der Waals surface area contributed by atoms with Gasteiger partial charge in [0.15, 0.2) is 9.84 Å². The first-order valence-electron chi connectivity index (χ1n) is 10.9. The number of fused-ring (bicyclic) bond motifs is 1. The molecule has 13 heteroatoms. The van der Waals surface area contributed by atoms with Crippen LogP contribution in [-0.4, -0.2) is 55.3 Å². The topological polar surface area (TPSA) is 136 Å². The molecule has 0 spiro atoms. The minimum absolute atomic E-state index is 0.0279.